The summed E-state index contributed by atoms with van der Waals surface area (Å²) in [6.45, 7) is 0. The van der Waals surface area contributed by atoms with Crippen LogP contribution in [0.15, 0.2) is 48.5 Å². The number of ether oxygens (including phenoxy) is 1. The van der Waals surface area contributed by atoms with Crippen LogP contribution in [0.1, 0.15) is 24.1 Å². The van der Waals surface area contributed by atoms with Crippen molar-refractivity contribution in [1.82, 2.24) is 4.98 Å². The van der Waals surface area contributed by atoms with Crippen molar-refractivity contribution in [2.75, 3.05) is 19.1 Å². The number of nitriles is 1. The third kappa shape index (κ3) is 4.63. The molecule has 3 aromatic rings. The van der Waals surface area contributed by atoms with Gasteiger partial charge in [0.15, 0.2) is 0 Å². The molecule has 1 heterocycles. The van der Waals surface area contributed by atoms with Crippen LogP contribution in [0.2, 0.25) is 0 Å². The largest absolute Gasteiger partial charge is 0.652 e. The normalized spacial score (nSPS) is 10.9. The first kappa shape index (κ1) is 21.7. The first-order chi connectivity index (χ1) is 14.0. The number of hydrogen-bond donors (Lipinski definition) is 1. The van der Waals surface area contributed by atoms with Gasteiger partial charge in [0, 0.05) is 24.5 Å². The van der Waals surface area contributed by atoms with Crippen molar-refractivity contribution >= 4 is 22.3 Å². The zero-order valence-corrected chi connectivity index (χ0v) is 19.6. The van der Waals surface area contributed by atoms with E-state index in [1.165, 1.54) is 0 Å². The number of pyridine rings is 1. The molecule has 0 saturated heterocycles. The summed E-state index contributed by atoms with van der Waals surface area (Å²) >= 11 is 0. The molecule has 6 nitrogen and oxygen atoms in total. The summed E-state index contributed by atoms with van der Waals surface area (Å²) in [5, 5.41) is 19.4. The molecule has 0 aliphatic heterocycles. The quantitative estimate of drug-likeness (QED) is 0.422. The van der Waals surface area contributed by atoms with Gasteiger partial charge in [-0.05, 0) is 43.0 Å². The summed E-state index contributed by atoms with van der Waals surface area (Å²) in [6.07, 6.45) is -0.388. The monoisotopic (exact) mass is 628 g/mol. The topological polar surface area (TPSA) is 93.2 Å². The van der Waals surface area contributed by atoms with Crippen molar-refractivity contribution in [1.29, 1.82) is 5.26 Å². The Kier molecular flexibility index (Phi) is 6.92. The minimum atomic E-state index is -1.11. The molecule has 0 bridgehead atoms. The first-order valence-corrected chi connectivity index (χ1v) is 9.13. The Morgan fingerprint density at radius 1 is 1.23 bits per heavy atom. The second kappa shape index (κ2) is 9.57. The maximum Gasteiger partial charge on any atom is 0.143 e. The van der Waals surface area contributed by atoms with E-state index in [0.717, 1.165) is 27.8 Å². The van der Waals surface area contributed by atoms with Gasteiger partial charge in [-0.25, -0.2) is 4.98 Å². The predicted molar refractivity (Wildman–Crippen MR) is 114 cm³/mol. The molecule has 0 aliphatic carbocycles. The Morgan fingerprint density at radius 2 is 2.00 bits per heavy atom. The second-order valence-electron chi connectivity index (χ2n) is 6.46. The summed E-state index contributed by atoms with van der Waals surface area (Å²) in [5.41, 5.74) is 10.7. The van der Waals surface area contributed by atoms with Gasteiger partial charge in [0.25, 0.3) is 0 Å². The molecule has 1 aromatic heterocycles. The Labute approximate surface area is 170 Å². The SMILES string of the molecule is COc1ccc(N(C)c2cc(C#N)nc3ccccc23)cc1C#CCCC([NH-])O.[Cm]. The van der Waals surface area contributed by atoms with Crippen molar-refractivity contribution < 1.29 is 9.84 Å². The van der Waals surface area contributed by atoms with E-state index in [1.54, 1.807) is 13.2 Å². The number of fused-ring (bicyclic) bond motifs is 1. The number of aliphatic hydroxyl groups excluding tert-OH is 1. The summed E-state index contributed by atoms with van der Waals surface area (Å²) in [7, 11) is 3.52. The molecule has 0 amide bonds. The van der Waals surface area contributed by atoms with Gasteiger partial charge in [-0.1, -0.05) is 30.0 Å². The maximum absolute atomic E-state index is 9.35. The molecule has 0 spiro atoms. The van der Waals surface area contributed by atoms with Crippen LogP contribution in [0, 0.1) is 23.2 Å². The van der Waals surface area contributed by atoms with Gasteiger partial charge in [-0.2, -0.15) is 5.26 Å². The van der Waals surface area contributed by atoms with Gasteiger partial charge in [0.05, 0.1) is 23.9 Å². The smallest absolute Gasteiger partial charge is 0.143 e. The van der Waals surface area contributed by atoms with Gasteiger partial charge in [0.1, 0.15) is 17.5 Å². The molecule has 1 atom stereocenters. The minimum Gasteiger partial charge on any atom is -0.652 e. The van der Waals surface area contributed by atoms with E-state index in [4.69, 9.17) is 15.6 Å². The fourth-order valence-electron chi connectivity index (χ4n) is 3.00. The zero-order valence-electron chi connectivity index (χ0n) is 16.7. The minimum absolute atomic E-state index is 0. The third-order valence-electron chi connectivity index (χ3n) is 4.51. The summed E-state index contributed by atoms with van der Waals surface area (Å²) in [6, 6.07) is 17.3. The fourth-order valence-corrected chi connectivity index (χ4v) is 3.00. The zero-order chi connectivity index (χ0) is 20.8. The number of nitrogens with one attached hydrogen (secondary N) is 1. The molecule has 154 valence electrons. The standard InChI is InChI=1S/C23H21N4O2.Cm/c1-27(21-14-17(15-24)26-20-9-5-4-8-19(20)21)18-11-12-22(29-2)16(13-18)7-3-6-10-23(25)28;/h4-5,8-9,11-14,23,25,28H,6,10H2,1-2H3;/q-1;. The average molecular weight is 632 g/mol. The van der Waals surface area contributed by atoms with Crippen LogP contribution in [0.3, 0.4) is 0 Å². The van der Waals surface area contributed by atoms with Crippen LogP contribution in [0.4, 0.5) is 11.4 Å². The number of aromatic nitrogens is 1. The summed E-state index contributed by atoms with van der Waals surface area (Å²) < 4.78 is 5.41. The number of nitrogens with zero attached hydrogens (tertiary/aromatic N) is 3. The molecule has 3 rings (SSSR count). The number of para-hydroxylation sites is 1. The Bertz CT molecular complexity index is 1130. The van der Waals surface area contributed by atoms with Crippen molar-refractivity contribution in [3.8, 4) is 23.7 Å². The van der Waals surface area contributed by atoms with Crippen molar-refractivity contribution in [3.63, 3.8) is 0 Å². The maximum atomic E-state index is 9.35. The van der Waals surface area contributed by atoms with E-state index in [2.05, 4.69) is 22.9 Å². The van der Waals surface area contributed by atoms with Crippen molar-refractivity contribution in [3.05, 3.63) is 65.5 Å². The van der Waals surface area contributed by atoms with Gasteiger partial charge in [-0.15, -0.1) is 0 Å². The molecular formula is C23H21CmN4O2-. The molecule has 0 aliphatic rings. The van der Waals surface area contributed by atoms with Gasteiger partial charge < -0.3 is 20.5 Å². The van der Waals surface area contributed by atoms with E-state index in [0.29, 0.717) is 24.3 Å². The van der Waals surface area contributed by atoms with Crippen LogP contribution in [0.25, 0.3) is 16.6 Å². The molecule has 0 radical (unpaired) electrons. The van der Waals surface area contributed by atoms with E-state index in [1.807, 2.05) is 54.4 Å². The molecule has 7 heteroatoms. The number of hydrogen-bond acceptors (Lipinski definition) is 5. The molecule has 0 fully saturated rings. The average Bonchev–Trinajstić information content (AvgIpc) is 2.75. The van der Waals surface area contributed by atoms with Crippen molar-refractivity contribution in [2.45, 2.75) is 19.1 Å². The molecule has 1 unspecified atom stereocenters. The summed E-state index contributed by atoms with van der Waals surface area (Å²) in [5.74, 6) is 6.70. The van der Waals surface area contributed by atoms with Gasteiger partial charge in [0.2, 0.25) is 0 Å². The Hall–Kier alpha value is -4.58. The summed E-state index contributed by atoms with van der Waals surface area (Å²) in [4.78, 5) is 6.36. The molecular weight excluding hydrogens is 611 g/mol. The van der Waals surface area contributed by atoms with E-state index < -0.39 is 6.23 Å². The van der Waals surface area contributed by atoms with Crippen LogP contribution >= 0.6 is 0 Å². The predicted octanol–water partition coefficient (Wildman–Crippen LogP) is 4.39. The molecule has 30 heavy (non-hydrogen) atoms. The Morgan fingerprint density at radius 3 is 2.70 bits per heavy atom. The van der Waals surface area contributed by atoms with Crippen LogP contribution < -0.4 is 9.64 Å². The van der Waals surface area contributed by atoms with Gasteiger partial charge in [-0.3, -0.25) is 0 Å². The van der Waals surface area contributed by atoms with Gasteiger partial charge >= 0.3 is 0 Å². The van der Waals surface area contributed by atoms with Crippen LogP contribution in [0.5, 0.6) is 5.75 Å². The van der Waals surface area contributed by atoms with E-state index in [-0.39, 0.29) is 0 Å². The number of benzene rings is 2. The molecule has 0 saturated carbocycles. The number of methoxy groups -OCH3 is 1. The number of aliphatic hydroxyl groups is 1. The number of rotatable bonds is 5. The van der Waals surface area contributed by atoms with Crippen LogP contribution in [-0.4, -0.2) is 30.5 Å². The number of anilines is 2. The molecule has 2 aromatic carbocycles. The van der Waals surface area contributed by atoms with E-state index in [9.17, 15) is 5.26 Å². The first-order valence-electron chi connectivity index (χ1n) is 9.13. The van der Waals surface area contributed by atoms with E-state index >= 15 is 0 Å². The molecule has 2 N–H and O–H groups in total. The fraction of sp³-hybridized carbons (Fsp3) is 0.217. The second-order valence-corrected chi connectivity index (χ2v) is 6.46. The third-order valence-corrected chi connectivity index (χ3v) is 4.51. The van der Waals surface area contributed by atoms with Crippen LogP contribution in [-0.2, 0) is 0 Å². The van der Waals surface area contributed by atoms with Crippen molar-refractivity contribution in [2.24, 2.45) is 0 Å². The Balaban J connectivity index is 0.00000320.